The summed E-state index contributed by atoms with van der Waals surface area (Å²) in [4.78, 5) is 20.5. The maximum Gasteiger partial charge on any atom is 0.255 e. The van der Waals surface area contributed by atoms with Gasteiger partial charge < -0.3 is 10.0 Å². The van der Waals surface area contributed by atoms with E-state index < -0.39 is 16.1 Å². The number of hydrogen-bond donors (Lipinski definition) is 1. The Balaban J connectivity index is 1.54. The summed E-state index contributed by atoms with van der Waals surface area (Å²) in [5, 5.41) is 10.3. The fourth-order valence-corrected chi connectivity index (χ4v) is 5.04. The number of sulfonamides is 1. The number of rotatable bonds is 5. The van der Waals surface area contributed by atoms with Crippen molar-refractivity contribution in [1.82, 2.24) is 19.1 Å². The molecule has 2 saturated heterocycles. The van der Waals surface area contributed by atoms with Crippen molar-refractivity contribution in [2.45, 2.75) is 25.0 Å². The van der Waals surface area contributed by atoms with Gasteiger partial charge in [0.1, 0.15) is 0 Å². The molecule has 2 atom stereocenters. The van der Waals surface area contributed by atoms with E-state index in [1.807, 2.05) is 4.90 Å². The number of likely N-dealkylation sites (tertiary alicyclic amines) is 2. The lowest BCUT2D eigenvalue weighted by atomic mass is 10.0. The number of amides is 1. The van der Waals surface area contributed by atoms with Gasteiger partial charge in [-0.3, -0.25) is 14.7 Å². The second-order valence-electron chi connectivity index (χ2n) is 7.61. The smallest absolute Gasteiger partial charge is 0.255 e. The highest BCUT2D eigenvalue weighted by Crippen LogP contribution is 2.26. The van der Waals surface area contributed by atoms with E-state index in [-0.39, 0.29) is 23.6 Å². The van der Waals surface area contributed by atoms with Crippen LogP contribution in [0.5, 0.6) is 0 Å². The Morgan fingerprint density at radius 1 is 1.30 bits per heavy atom. The van der Waals surface area contributed by atoms with Crippen LogP contribution in [-0.2, 0) is 10.0 Å². The molecule has 9 heteroatoms. The third-order valence-electron chi connectivity index (χ3n) is 5.59. The SMILES string of the molecule is CN(C)S(=O)(=O)C[C@@H]1CN(C2CCN(C(=O)c3cccnc3)CC2)C[C@@H]1O. The van der Waals surface area contributed by atoms with Crippen molar-refractivity contribution in [1.29, 1.82) is 0 Å². The van der Waals surface area contributed by atoms with E-state index in [4.69, 9.17) is 0 Å². The molecule has 0 bridgehead atoms. The third kappa shape index (κ3) is 4.66. The van der Waals surface area contributed by atoms with Gasteiger partial charge in [-0.2, -0.15) is 0 Å². The van der Waals surface area contributed by atoms with Gasteiger partial charge in [0.25, 0.3) is 5.91 Å². The lowest BCUT2D eigenvalue weighted by Crippen LogP contribution is -2.46. The highest BCUT2D eigenvalue weighted by molar-refractivity contribution is 7.89. The maximum absolute atomic E-state index is 12.5. The van der Waals surface area contributed by atoms with Gasteiger partial charge >= 0.3 is 0 Å². The van der Waals surface area contributed by atoms with Gasteiger partial charge in [-0.15, -0.1) is 0 Å². The molecule has 0 aromatic carbocycles. The Morgan fingerprint density at radius 3 is 2.59 bits per heavy atom. The van der Waals surface area contributed by atoms with Gasteiger partial charge in [-0.1, -0.05) is 0 Å². The molecule has 2 aliphatic heterocycles. The Morgan fingerprint density at radius 2 is 2.00 bits per heavy atom. The van der Waals surface area contributed by atoms with E-state index in [9.17, 15) is 18.3 Å². The number of carbonyl (C=O) groups excluding carboxylic acids is 1. The van der Waals surface area contributed by atoms with Crippen molar-refractivity contribution in [3.63, 3.8) is 0 Å². The largest absolute Gasteiger partial charge is 0.391 e. The number of carbonyl (C=O) groups is 1. The lowest BCUT2D eigenvalue weighted by molar-refractivity contribution is 0.0627. The van der Waals surface area contributed by atoms with Crippen LogP contribution in [0.15, 0.2) is 24.5 Å². The predicted molar refractivity (Wildman–Crippen MR) is 102 cm³/mol. The molecule has 1 N–H and O–H groups in total. The molecule has 8 nitrogen and oxygen atoms in total. The normalized spacial score (nSPS) is 25.3. The minimum atomic E-state index is -3.33. The molecule has 150 valence electrons. The lowest BCUT2D eigenvalue weighted by Gasteiger charge is -2.36. The van der Waals surface area contributed by atoms with Crippen LogP contribution < -0.4 is 0 Å². The zero-order valence-corrected chi connectivity index (χ0v) is 16.7. The fraction of sp³-hybridized carbons (Fsp3) is 0.667. The number of pyridine rings is 1. The molecule has 0 saturated carbocycles. The minimum Gasteiger partial charge on any atom is -0.391 e. The summed E-state index contributed by atoms with van der Waals surface area (Å²) in [6, 6.07) is 3.80. The van der Waals surface area contributed by atoms with Crippen molar-refractivity contribution < 1.29 is 18.3 Å². The van der Waals surface area contributed by atoms with E-state index in [1.54, 1.807) is 24.5 Å². The van der Waals surface area contributed by atoms with Crippen molar-refractivity contribution in [3.05, 3.63) is 30.1 Å². The van der Waals surface area contributed by atoms with Crippen LogP contribution in [0, 0.1) is 5.92 Å². The molecular weight excluding hydrogens is 368 g/mol. The summed E-state index contributed by atoms with van der Waals surface area (Å²) in [6.45, 7) is 2.39. The number of piperidine rings is 1. The highest BCUT2D eigenvalue weighted by Gasteiger charge is 2.39. The monoisotopic (exact) mass is 396 g/mol. The quantitative estimate of drug-likeness (QED) is 0.745. The fourth-order valence-electron chi connectivity index (χ4n) is 3.87. The number of aliphatic hydroxyl groups is 1. The summed E-state index contributed by atoms with van der Waals surface area (Å²) >= 11 is 0. The number of nitrogens with zero attached hydrogens (tertiary/aromatic N) is 4. The summed E-state index contributed by atoms with van der Waals surface area (Å²) < 4.78 is 25.4. The first-order valence-electron chi connectivity index (χ1n) is 9.29. The molecule has 3 rings (SSSR count). The Labute approximate surface area is 160 Å². The second kappa shape index (κ2) is 8.22. The van der Waals surface area contributed by atoms with Gasteiger partial charge in [0.15, 0.2) is 0 Å². The van der Waals surface area contributed by atoms with Crippen LogP contribution in [-0.4, -0.2) is 96.7 Å². The average molecular weight is 397 g/mol. The topological polar surface area (TPSA) is 94.1 Å². The van der Waals surface area contributed by atoms with Crippen LogP contribution in [0.4, 0.5) is 0 Å². The molecule has 2 fully saturated rings. The molecule has 2 aliphatic rings. The van der Waals surface area contributed by atoms with Crippen LogP contribution in [0.3, 0.4) is 0 Å². The predicted octanol–water partition coefficient (Wildman–Crippen LogP) is -0.130. The van der Waals surface area contributed by atoms with E-state index in [1.165, 1.54) is 18.4 Å². The standard InChI is InChI=1S/C18H28N4O4S/c1-20(2)27(25,26)13-15-11-22(12-17(15)23)16-5-8-21(9-6-16)18(24)14-4-3-7-19-10-14/h3-4,7,10,15-17,23H,5-6,8-9,11-13H2,1-2H3/t15-,17-/m0/s1. The number of β-amino-alcohol motifs (C(OH)–C–C–N with tert-alkyl or cyclic N) is 1. The Kier molecular flexibility index (Phi) is 6.15. The first kappa shape index (κ1) is 20.2. The number of aromatic nitrogens is 1. The first-order chi connectivity index (χ1) is 12.8. The van der Waals surface area contributed by atoms with Gasteiger partial charge in [-0.05, 0) is 25.0 Å². The third-order valence-corrected chi connectivity index (χ3v) is 7.55. The molecule has 1 amide bonds. The van der Waals surface area contributed by atoms with E-state index in [0.717, 1.165) is 12.8 Å². The molecule has 1 aromatic rings. The van der Waals surface area contributed by atoms with E-state index in [2.05, 4.69) is 9.88 Å². The molecule has 0 unspecified atom stereocenters. The summed E-state index contributed by atoms with van der Waals surface area (Å²) in [5.74, 6) is -0.305. The molecular formula is C18H28N4O4S. The molecule has 0 aliphatic carbocycles. The van der Waals surface area contributed by atoms with Crippen molar-refractivity contribution in [2.24, 2.45) is 5.92 Å². The minimum absolute atomic E-state index is 0.00189. The second-order valence-corrected chi connectivity index (χ2v) is 9.83. The van der Waals surface area contributed by atoms with Crippen LogP contribution in [0.25, 0.3) is 0 Å². The first-order valence-corrected chi connectivity index (χ1v) is 10.9. The van der Waals surface area contributed by atoms with Crippen LogP contribution in [0.2, 0.25) is 0 Å². The van der Waals surface area contributed by atoms with Gasteiger partial charge in [-0.25, -0.2) is 12.7 Å². The van der Waals surface area contributed by atoms with E-state index in [0.29, 0.717) is 31.7 Å². The van der Waals surface area contributed by atoms with Gasteiger partial charge in [0, 0.05) is 64.6 Å². The zero-order chi connectivity index (χ0) is 19.6. The molecule has 0 radical (unpaired) electrons. The number of aliphatic hydroxyl groups excluding tert-OH is 1. The maximum atomic E-state index is 12.5. The average Bonchev–Trinajstić information content (AvgIpc) is 3.02. The summed E-state index contributed by atoms with van der Waals surface area (Å²) in [5.41, 5.74) is 0.599. The van der Waals surface area contributed by atoms with Crippen molar-refractivity contribution in [2.75, 3.05) is 46.0 Å². The Hall–Kier alpha value is -1.55. The van der Waals surface area contributed by atoms with Crippen molar-refractivity contribution in [3.8, 4) is 0 Å². The molecule has 1 aromatic heterocycles. The van der Waals surface area contributed by atoms with Crippen LogP contribution in [0.1, 0.15) is 23.2 Å². The molecule has 0 spiro atoms. The molecule has 3 heterocycles. The molecule has 27 heavy (non-hydrogen) atoms. The number of hydrogen-bond acceptors (Lipinski definition) is 6. The Bertz CT molecular complexity index is 748. The van der Waals surface area contributed by atoms with Gasteiger partial charge in [0.2, 0.25) is 10.0 Å². The highest BCUT2D eigenvalue weighted by atomic mass is 32.2. The van der Waals surface area contributed by atoms with Gasteiger partial charge in [0.05, 0.1) is 17.4 Å². The zero-order valence-electron chi connectivity index (χ0n) is 15.9. The summed E-state index contributed by atoms with van der Waals surface area (Å²) in [6.07, 6.45) is 4.25. The van der Waals surface area contributed by atoms with Crippen LogP contribution >= 0.6 is 0 Å². The summed E-state index contributed by atoms with van der Waals surface area (Å²) in [7, 11) is -0.297. The van der Waals surface area contributed by atoms with E-state index >= 15 is 0 Å². The van der Waals surface area contributed by atoms with Crippen molar-refractivity contribution >= 4 is 15.9 Å².